The van der Waals surface area contributed by atoms with Crippen molar-refractivity contribution in [3.8, 4) is 0 Å². The van der Waals surface area contributed by atoms with Crippen LogP contribution in [0.4, 0.5) is 0 Å². The lowest BCUT2D eigenvalue weighted by atomic mass is 9.95. The van der Waals surface area contributed by atoms with Crippen LogP contribution in [0.15, 0.2) is 0 Å². The number of Topliss-reactive ketones (excluding diaryl/α,β-unsaturated/α-hetero) is 1. The maximum Gasteiger partial charge on any atom is 0.306 e. The Labute approximate surface area is 102 Å². The second kappa shape index (κ2) is 5.63. The molecule has 1 aliphatic heterocycles. The zero-order chi connectivity index (χ0) is 12.3. The molecule has 17 heavy (non-hydrogen) atoms. The highest BCUT2D eigenvalue weighted by atomic mass is 16.5. The lowest BCUT2D eigenvalue weighted by Crippen LogP contribution is -2.38. The van der Waals surface area contributed by atoms with Crippen LogP contribution in [0, 0.1) is 5.92 Å². The van der Waals surface area contributed by atoms with Crippen LogP contribution < -0.4 is 0 Å². The Bertz CT molecular complexity index is 303. The van der Waals surface area contributed by atoms with E-state index in [1.165, 1.54) is 7.11 Å². The number of esters is 1. The van der Waals surface area contributed by atoms with Crippen molar-refractivity contribution in [1.29, 1.82) is 0 Å². The fraction of sp³-hybridized carbons (Fsp3) is 0.846. The van der Waals surface area contributed by atoms with E-state index in [1.807, 2.05) is 0 Å². The molecule has 4 nitrogen and oxygen atoms in total. The van der Waals surface area contributed by atoms with Crippen molar-refractivity contribution in [2.75, 3.05) is 20.2 Å². The van der Waals surface area contributed by atoms with Crippen LogP contribution in [-0.2, 0) is 14.3 Å². The van der Waals surface area contributed by atoms with Gasteiger partial charge >= 0.3 is 5.97 Å². The number of carbonyl (C=O) groups excluding carboxylic acids is 2. The molecular formula is C13H21NO3. The Balaban J connectivity index is 1.88. The van der Waals surface area contributed by atoms with Gasteiger partial charge in [-0.25, -0.2) is 0 Å². The van der Waals surface area contributed by atoms with Gasteiger partial charge in [-0.15, -0.1) is 0 Å². The molecule has 0 aromatic rings. The highest BCUT2D eigenvalue weighted by Gasteiger charge is 2.37. The average molecular weight is 239 g/mol. The summed E-state index contributed by atoms with van der Waals surface area (Å²) >= 11 is 0. The first-order valence-corrected chi connectivity index (χ1v) is 6.56. The molecule has 0 N–H and O–H groups in total. The predicted octanol–water partition coefficient (Wildman–Crippen LogP) is 1.38. The van der Waals surface area contributed by atoms with Gasteiger partial charge in [-0.3, -0.25) is 14.5 Å². The molecule has 0 radical (unpaired) electrons. The maximum absolute atomic E-state index is 11.8. The standard InChI is InChI=1S/C13H21NO3/c1-17-13(16)7-9-14-8-3-5-11(14)10-4-2-6-12(10)15/h10-11H,2-9H2,1H3. The van der Waals surface area contributed by atoms with Gasteiger partial charge in [0.15, 0.2) is 0 Å². The zero-order valence-electron chi connectivity index (χ0n) is 10.5. The van der Waals surface area contributed by atoms with Crippen LogP contribution in [0.25, 0.3) is 0 Å². The van der Waals surface area contributed by atoms with Gasteiger partial charge in [0.1, 0.15) is 5.78 Å². The summed E-state index contributed by atoms with van der Waals surface area (Å²) in [7, 11) is 1.42. The zero-order valence-corrected chi connectivity index (χ0v) is 10.5. The second-order valence-corrected chi connectivity index (χ2v) is 5.04. The third-order valence-electron chi connectivity index (χ3n) is 4.06. The van der Waals surface area contributed by atoms with Gasteiger partial charge in [-0.1, -0.05) is 0 Å². The molecule has 2 atom stereocenters. The summed E-state index contributed by atoms with van der Waals surface area (Å²) in [5.74, 6) is 0.503. The molecular weight excluding hydrogens is 218 g/mol. The molecule has 2 aliphatic rings. The Morgan fingerprint density at radius 2 is 2.24 bits per heavy atom. The summed E-state index contributed by atoms with van der Waals surface area (Å²) in [5, 5.41) is 0. The fourth-order valence-corrected chi connectivity index (χ4v) is 3.17. The first-order valence-electron chi connectivity index (χ1n) is 6.56. The van der Waals surface area contributed by atoms with Gasteiger partial charge in [0.2, 0.25) is 0 Å². The van der Waals surface area contributed by atoms with E-state index in [4.69, 9.17) is 0 Å². The van der Waals surface area contributed by atoms with Crippen molar-refractivity contribution in [2.45, 2.75) is 44.6 Å². The molecule has 0 bridgehead atoms. The first kappa shape index (κ1) is 12.6. The summed E-state index contributed by atoms with van der Waals surface area (Å²) in [6, 6.07) is 0.384. The molecule has 2 fully saturated rings. The van der Waals surface area contributed by atoms with Crippen LogP contribution in [0.2, 0.25) is 0 Å². The second-order valence-electron chi connectivity index (χ2n) is 5.04. The number of carbonyl (C=O) groups is 2. The number of methoxy groups -OCH3 is 1. The van der Waals surface area contributed by atoms with Gasteiger partial charge in [-0.2, -0.15) is 0 Å². The van der Waals surface area contributed by atoms with E-state index in [9.17, 15) is 9.59 Å². The number of hydrogen-bond donors (Lipinski definition) is 0. The molecule has 1 saturated carbocycles. The van der Waals surface area contributed by atoms with Crippen molar-refractivity contribution in [1.82, 2.24) is 4.90 Å². The minimum Gasteiger partial charge on any atom is -0.469 e. The van der Waals surface area contributed by atoms with E-state index in [0.717, 1.165) is 45.2 Å². The van der Waals surface area contributed by atoms with Gasteiger partial charge in [-0.05, 0) is 32.2 Å². The summed E-state index contributed by atoms with van der Waals surface area (Å²) < 4.78 is 4.66. The Morgan fingerprint density at radius 3 is 2.88 bits per heavy atom. The SMILES string of the molecule is COC(=O)CCN1CCCC1C1CCCC1=O. The molecule has 0 amide bonds. The largest absolute Gasteiger partial charge is 0.469 e. The van der Waals surface area contributed by atoms with Gasteiger partial charge in [0.05, 0.1) is 13.5 Å². The molecule has 0 aromatic heterocycles. The molecule has 0 aromatic carbocycles. The number of ether oxygens (including phenoxy) is 1. The third kappa shape index (κ3) is 2.86. The van der Waals surface area contributed by atoms with Crippen molar-refractivity contribution >= 4 is 11.8 Å². The topological polar surface area (TPSA) is 46.6 Å². The van der Waals surface area contributed by atoms with Crippen LogP contribution >= 0.6 is 0 Å². The fourth-order valence-electron chi connectivity index (χ4n) is 3.17. The minimum atomic E-state index is -0.159. The Morgan fingerprint density at radius 1 is 1.41 bits per heavy atom. The number of ketones is 1. The lowest BCUT2D eigenvalue weighted by molar-refractivity contribution is -0.141. The lowest BCUT2D eigenvalue weighted by Gasteiger charge is -2.28. The summed E-state index contributed by atoms with van der Waals surface area (Å²) in [6.07, 6.45) is 5.54. The van der Waals surface area contributed by atoms with Crippen LogP contribution in [0.3, 0.4) is 0 Å². The number of likely N-dealkylation sites (tertiary alicyclic amines) is 1. The van der Waals surface area contributed by atoms with E-state index in [2.05, 4.69) is 9.64 Å². The Kier molecular flexibility index (Phi) is 4.15. The van der Waals surface area contributed by atoms with Crippen molar-refractivity contribution < 1.29 is 14.3 Å². The maximum atomic E-state index is 11.8. The van der Waals surface area contributed by atoms with Crippen LogP contribution in [0.5, 0.6) is 0 Å². The molecule has 2 rings (SSSR count). The smallest absolute Gasteiger partial charge is 0.306 e. The van der Waals surface area contributed by atoms with Crippen LogP contribution in [-0.4, -0.2) is 42.9 Å². The molecule has 1 heterocycles. The molecule has 0 spiro atoms. The molecule has 1 aliphatic carbocycles. The first-order chi connectivity index (χ1) is 8.22. The average Bonchev–Trinajstić information content (AvgIpc) is 2.93. The van der Waals surface area contributed by atoms with Crippen molar-refractivity contribution in [2.24, 2.45) is 5.92 Å². The van der Waals surface area contributed by atoms with E-state index in [1.54, 1.807) is 0 Å². The predicted molar refractivity (Wildman–Crippen MR) is 63.6 cm³/mol. The molecule has 2 unspecified atom stereocenters. The van der Waals surface area contributed by atoms with Crippen molar-refractivity contribution in [3.05, 3.63) is 0 Å². The third-order valence-corrected chi connectivity index (χ3v) is 4.06. The van der Waals surface area contributed by atoms with E-state index in [0.29, 0.717) is 18.2 Å². The highest BCUT2D eigenvalue weighted by Crippen LogP contribution is 2.33. The van der Waals surface area contributed by atoms with E-state index < -0.39 is 0 Å². The molecule has 1 saturated heterocycles. The number of rotatable bonds is 4. The number of hydrogen-bond acceptors (Lipinski definition) is 4. The Hall–Kier alpha value is -0.900. The van der Waals surface area contributed by atoms with Gasteiger partial charge in [0.25, 0.3) is 0 Å². The van der Waals surface area contributed by atoms with E-state index in [-0.39, 0.29) is 11.9 Å². The minimum absolute atomic E-state index is 0.159. The number of nitrogens with zero attached hydrogens (tertiary/aromatic N) is 1. The quantitative estimate of drug-likeness (QED) is 0.695. The summed E-state index contributed by atoms with van der Waals surface area (Å²) in [4.78, 5) is 25.2. The van der Waals surface area contributed by atoms with Crippen molar-refractivity contribution in [3.63, 3.8) is 0 Å². The van der Waals surface area contributed by atoms with Crippen LogP contribution in [0.1, 0.15) is 38.5 Å². The van der Waals surface area contributed by atoms with E-state index >= 15 is 0 Å². The van der Waals surface area contributed by atoms with Gasteiger partial charge in [0, 0.05) is 24.9 Å². The summed E-state index contributed by atoms with van der Waals surface area (Å²) in [6.45, 7) is 1.76. The molecule has 4 heteroatoms. The highest BCUT2D eigenvalue weighted by molar-refractivity contribution is 5.83. The molecule has 96 valence electrons. The normalized spacial score (nSPS) is 29.8. The monoisotopic (exact) mass is 239 g/mol. The summed E-state index contributed by atoms with van der Waals surface area (Å²) in [5.41, 5.74) is 0. The van der Waals surface area contributed by atoms with Gasteiger partial charge < -0.3 is 4.74 Å².